The van der Waals surface area contributed by atoms with Gasteiger partial charge in [-0.05, 0) is 18.6 Å². The topological polar surface area (TPSA) is 80.8 Å². The number of para-hydroxylation sites is 1. The van der Waals surface area contributed by atoms with E-state index in [-0.39, 0.29) is 25.4 Å². The van der Waals surface area contributed by atoms with Crippen LogP contribution in [0.4, 0.5) is 0 Å². The van der Waals surface area contributed by atoms with E-state index in [0.717, 1.165) is 6.26 Å². The molecule has 0 radical (unpaired) electrons. The number of nitrogens with zero attached hydrogens (tertiary/aromatic N) is 1. The van der Waals surface area contributed by atoms with Gasteiger partial charge in [0.15, 0.2) is 9.84 Å². The van der Waals surface area contributed by atoms with Crippen LogP contribution in [0, 0.1) is 0 Å². The van der Waals surface area contributed by atoms with E-state index >= 15 is 0 Å². The number of ether oxygens (including phenoxy) is 1. The van der Waals surface area contributed by atoms with Crippen molar-refractivity contribution in [2.75, 3.05) is 31.7 Å². The van der Waals surface area contributed by atoms with Crippen LogP contribution >= 0.6 is 0 Å². The van der Waals surface area contributed by atoms with Gasteiger partial charge >= 0.3 is 0 Å². The van der Waals surface area contributed by atoms with Gasteiger partial charge in [-0.15, -0.1) is 0 Å². The third-order valence-electron chi connectivity index (χ3n) is 3.46. The number of hydrogen-bond acceptors (Lipinski definition) is 5. The van der Waals surface area contributed by atoms with Crippen LogP contribution in [0.1, 0.15) is 6.42 Å². The first-order valence-corrected chi connectivity index (χ1v) is 10.2. The van der Waals surface area contributed by atoms with Crippen molar-refractivity contribution in [3.05, 3.63) is 30.3 Å². The summed E-state index contributed by atoms with van der Waals surface area (Å²) in [5, 5.41) is -0.595. The molecule has 0 bridgehead atoms. The van der Waals surface area contributed by atoms with Crippen LogP contribution in [0.2, 0.25) is 0 Å². The van der Waals surface area contributed by atoms with Crippen molar-refractivity contribution in [3.8, 4) is 5.75 Å². The van der Waals surface area contributed by atoms with Crippen LogP contribution in [0.25, 0.3) is 0 Å². The zero-order valence-electron chi connectivity index (χ0n) is 11.8. The van der Waals surface area contributed by atoms with Gasteiger partial charge in [0.05, 0.1) is 11.0 Å². The molecule has 118 valence electrons. The van der Waals surface area contributed by atoms with E-state index in [2.05, 4.69) is 0 Å². The summed E-state index contributed by atoms with van der Waals surface area (Å²) in [6.07, 6.45) is 1.50. The van der Waals surface area contributed by atoms with E-state index in [1.807, 2.05) is 6.07 Å². The quantitative estimate of drug-likeness (QED) is 0.758. The van der Waals surface area contributed by atoms with Crippen LogP contribution in [0.15, 0.2) is 30.3 Å². The highest BCUT2D eigenvalue weighted by atomic mass is 32.2. The minimum atomic E-state index is -3.48. The number of benzene rings is 1. The fraction of sp³-hybridized carbons (Fsp3) is 0.538. The summed E-state index contributed by atoms with van der Waals surface area (Å²) in [6, 6.07) is 8.96. The zero-order chi connectivity index (χ0) is 15.5. The van der Waals surface area contributed by atoms with Crippen molar-refractivity contribution in [1.82, 2.24) is 4.31 Å². The van der Waals surface area contributed by atoms with E-state index in [1.165, 1.54) is 4.31 Å². The molecule has 0 N–H and O–H groups in total. The molecule has 1 aliphatic rings. The third-order valence-corrected chi connectivity index (χ3v) is 6.86. The number of rotatable bonds is 6. The molecule has 1 atom stereocenters. The molecule has 1 aliphatic heterocycles. The smallest absolute Gasteiger partial charge is 0.217 e. The molecule has 1 saturated heterocycles. The Morgan fingerprint density at radius 3 is 2.43 bits per heavy atom. The third kappa shape index (κ3) is 4.42. The van der Waals surface area contributed by atoms with E-state index in [0.29, 0.717) is 12.2 Å². The van der Waals surface area contributed by atoms with Gasteiger partial charge in [-0.3, -0.25) is 0 Å². The van der Waals surface area contributed by atoms with Gasteiger partial charge < -0.3 is 4.74 Å². The molecule has 21 heavy (non-hydrogen) atoms. The molecule has 6 nitrogen and oxygen atoms in total. The first-order chi connectivity index (χ1) is 9.79. The van der Waals surface area contributed by atoms with Crippen molar-refractivity contribution < 1.29 is 21.6 Å². The molecule has 0 saturated carbocycles. The maximum Gasteiger partial charge on any atom is 0.217 e. The molecule has 0 amide bonds. The SMILES string of the molecule is CS(=O)(=O)C1CCN(S(=O)(=O)CCOc2ccccc2)C1. The Balaban J connectivity index is 1.88. The summed E-state index contributed by atoms with van der Waals surface area (Å²) in [5.41, 5.74) is 0. The van der Waals surface area contributed by atoms with Crippen LogP contribution in [0.3, 0.4) is 0 Å². The summed E-state index contributed by atoms with van der Waals surface area (Å²) in [6.45, 7) is 0.351. The fourth-order valence-corrected chi connectivity index (χ4v) is 4.63. The van der Waals surface area contributed by atoms with E-state index in [4.69, 9.17) is 4.74 Å². The standard InChI is InChI=1S/C13H19NO5S2/c1-20(15,16)13-7-8-14(11-13)21(17,18)10-9-19-12-5-3-2-4-6-12/h2-6,13H,7-11H2,1H3. The molecule has 8 heteroatoms. The second-order valence-corrected chi connectivity index (χ2v) is 9.49. The Kier molecular flexibility index (Phi) is 4.90. The van der Waals surface area contributed by atoms with Gasteiger partial charge in [0.2, 0.25) is 10.0 Å². The highest BCUT2D eigenvalue weighted by Gasteiger charge is 2.35. The summed E-state index contributed by atoms with van der Waals surface area (Å²) in [7, 11) is -6.68. The van der Waals surface area contributed by atoms with Crippen molar-refractivity contribution in [3.63, 3.8) is 0 Å². The van der Waals surface area contributed by atoms with Gasteiger partial charge in [0.25, 0.3) is 0 Å². The Labute approximate surface area is 125 Å². The van der Waals surface area contributed by atoms with Crippen LogP contribution < -0.4 is 4.74 Å². The first-order valence-electron chi connectivity index (χ1n) is 6.63. The van der Waals surface area contributed by atoms with Gasteiger partial charge in [-0.1, -0.05) is 18.2 Å². The molecular weight excluding hydrogens is 314 g/mol. The molecule has 1 aromatic carbocycles. The number of hydrogen-bond donors (Lipinski definition) is 0. The minimum Gasteiger partial charge on any atom is -0.492 e. The second kappa shape index (κ2) is 6.33. The predicted octanol–water partition coefficient (Wildman–Crippen LogP) is 0.514. The molecule has 0 aliphatic carbocycles. The van der Waals surface area contributed by atoms with Crippen LogP contribution in [-0.2, 0) is 19.9 Å². The Bertz CT molecular complexity index is 670. The Hall–Kier alpha value is -1.12. The monoisotopic (exact) mass is 333 g/mol. The largest absolute Gasteiger partial charge is 0.492 e. The molecular formula is C13H19NO5S2. The van der Waals surface area contributed by atoms with Crippen molar-refractivity contribution in [2.45, 2.75) is 11.7 Å². The Morgan fingerprint density at radius 1 is 1.19 bits per heavy atom. The average molecular weight is 333 g/mol. The van der Waals surface area contributed by atoms with Crippen LogP contribution in [0.5, 0.6) is 5.75 Å². The van der Waals surface area contributed by atoms with Gasteiger partial charge in [-0.25, -0.2) is 21.1 Å². The average Bonchev–Trinajstić information content (AvgIpc) is 2.90. The molecule has 1 aromatic rings. The van der Waals surface area contributed by atoms with Gasteiger partial charge in [-0.2, -0.15) is 0 Å². The van der Waals surface area contributed by atoms with E-state index < -0.39 is 25.1 Å². The molecule has 1 heterocycles. The summed E-state index contributed by atoms with van der Waals surface area (Å²) < 4.78 is 53.8. The van der Waals surface area contributed by atoms with E-state index in [9.17, 15) is 16.8 Å². The Morgan fingerprint density at radius 2 is 1.86 bits per heavy atom. The molecule has 1 fully saturated rings. The fourth-order valence-electron chi connectivity index (χ4n) is 2.21. The lowest BCUT2D eigenvalue weighted by Gasteiger charge is -2.16. The molecule has 0 spiro atoms. The van der Waals surface area contributed by atoms with Gasteiger partial charge in [0.1, 0.15) is 12.4 Å². The highest BCUT2D eigenvalue weighted by Crippen LogP contribution is 2.19. The maximum atomic E-state index is 12.1. The second-order valence-electron chi connectivity index (χ2n) is 5.08. The lowest BCUT2D eigenvalue weighted by atomic mass is 10.3. The zero-order valence-corrected chi connectivity index (χ0v) is 13.4. The summed E-state index contributed by atoms with van der Waals surface area (Å²) in [5.74, 6) is 0.460. The maximum absolute atomic E-state index is 12.1. The van der Waals surface area contributed by atoms with Crippen molar-refractivity contribution in [2.24, 2.45) is 0 Å². The highest BCUT2D eigenvalue weighted by molar-refractivity contribution is 7.91. The lowest BCUT2D eigenvalue weighted by Crippen LogP contribution is -2.34. The summed E-state index contributed by atoms with van der Waals surface area (Å²) >= 11 is 0. The van der Waals surface area contributed by atoms with Crippen molar-refractivity contribution in [1.29, 1.82) is 0 Å². The minimum absolute atomic E-state index is 0.0480. The lowest BCUT2D eigenvalue weighted by molar-refractivity contribution is 0.337. The predicted molar refractivity (Wildman–Crippen MR) is 80.5 cm³/mol. The normalized spacial score (nSPS) is 20.5. The van der Waals surface area contributed by atoms with Crippen LogP contribution in [-0.4, -0.2) is 58.1 Å². The van der Waals surface area contributed by atoms with Gasteiger partial charge in [0, 0.05) is 19.3 Å². The first kappa shape index (κ1) is 16.3. The summed E-state index contributed by atoms with van der Waals surface area (Å²) in [4.78, 5) is 0. The van der Waals surface area contributed by atoms with E-state index in [1.54, 1.807) is 24.3 Å². The van der Waals surface area contributed by atoms with Crippen molar-refractivity contribution >= 4 is 19.9 Å². The molecule has 0 aromatic heterocycles. The number of sulfone groups is 1. The molecule has 2 rings (SSSR count). The number of sulfonamides is 1. The molecule has 1 unspecified atom stereocenters.